The van der Waals surface area contributed by atoms with Gasteiger partial charge >= 0.3 is 11.9 Å². The predicted octanol–water partition coefficient (Wildman–Crippen LogP) is 1.73. The van der Waals surface area contributed by atoms with Gasteiger partial charge in [-0.15, -0.1) is 0 Å². The van der Waals surface area contributed by atoms with Gasteiger partial charge in [0.15, 0.2) is 0 Å². The molecule has 0 heterocycles. The number of benzene rings is 1. The first-order valence-electron chi connectivity index (χ1n) is 5.21. The van der Waals surface area contributed by atoms with Gasteiger partial charge in [0, 0.05) is 5.57 Å². The van der Waals surface area contributed by atoms with Crippen molar-refractivity contribution in [2.24, 2.45) is 0 Å². The lowest BCUT2D eigenvalue weighted by atomic mass is 10.1. The Bertz CT molecular complexity index is 459. The lowest BCUT2D eigenvalue weighted by Crippen LogP contribution is -2.09. The molecule has 0 fully saturated rings. The second-order valence-electron chi connectivity index (χ2n) is 3.50. The van der Waals surface area contributed by atoms with E-state index in [1.165, 1.54) is 13.2 Å². The van der Waals surface area contributed by atoms with Crippen molar-refractivity contribution >= 4 is 18.0 Å². The van der Waals surface area contributed by atoms with Gasteiger partial charge in [-0.3, -0.25) is 4.79 Å². The summed E-state index contributed by atoms with van der Waals surface area (Å²) in [6.07, 6.45) is 1.11. The molecule has 96 valence electrons. The van der Waals surface area contributed by atoms with Crippen molar-refractivity contribution in [1.29, 1.82) is 0 Å². The number of hydrogen-bond donors (Lipinski definition) is 1. The molecule has 0 aliphatic carbocycles. The van der Waals surface area contributed by atoms with E-state index in [0.29, 0.717) is 11.3 Å². The Morgan fingerprint density at radius 2 is 1.83 bits per heavy atom. The van der Waals surface area contributed by atoms with Crippen molar-refractivity contribution in [2.75, 3.05) is 14.2 Å². The Labute approximate surface area is 105 Å². The van der Waals surface area contributed by atoms with Crippen molar-refractivity contribution in [1.82, 2.24) is 0 Å². The monoisotopic (exact) mass is 250 g/mol. The first-order valence-corrected chi connectivity index (χ1v) is 5.21. The molecule has 18 heavy (non-hydrogen) atoms. The van der Waals surface area contributed by atoms with E-state index in [2.05, 4.69) is 4.74 Å². The molecule has 1 rings (SSSR count). The highest BCUT2D eigenvalue weighted by Crippen LogP contribution is 2.16. The molecule has 0 saturated heterocycles. The van der Waals surface area contributed by atoms with Gasteiger partial charge in [0.2, 0.25) is 0 Å². The normalized spacial score (nSPS) is 10.9. The average Bonchev–Trinajstić information content (AvgIpc) is 2.37. The van der Waals surface area contributed by atoms with Crippen molar-refractivity contribution < 1.29 is 24.2 Å². The molecule has 1 N–H and O–H groups in total. The van der Waals surface area contributed by atoms with E-state index in [-0.39, 0.29) is 12.0 Å². The van der Waals surface area contributed by atoms with Gasteiger partial charge in [-0.05, 0) is 23.8 Å². The SMILES string of the molecule is COC(=O)/C(=C\c1ccc(OC)cc1)CC(=O)O. The average molecular weight is 250 g/mol. The number of methoxy groups -OCH3 is 2. The summed E-state index contributed by atoms with van der Waals surface area (Å²) in [5, 5.41) is 8.72. The zero-order valence-corrected chi connectivity index (χ0v) is 10.2. The van der Waals surface area contributed by atoms with Crippen LogP contribution in [0.1, 0.15) is 12.0 Å². The quantitative estimate of drug-likeness (QED) is 0.636. The molecule has 0 radical (unpaired) electrons. The minimum absolute atomic E-state index is 0.0927. The number of esters is 1. The van der Waals surface area contributed by atoms with Gasteiger partial charge in [-0.25, -0.2) is 4.79 Å². The second-order valence-corrected chi connectivity index (χ2v) is 3.50. The van der Waals surface area contributed by atoms with Crippen LogP contribution in [0.2, 0.25) is 0 Å². The third kappa shape index (κ3) is 3.93. The number of ether oxygens (including phenoxy) is 2. The van der Waals surface area contributed by atoms with Crippen LogP contribution in [0.4, 0.5) is 0 Å². The van der Waals surface area contributed by atoms with Crippen LogP contribution in [0.3, 0.4) is 0 Å². The summed E-state index contributed by atoms with van der Waals surface area (Å²) in [5.74, 6) is -1.04. The summed E-state index contributed by atoms with van der Waals surface area (Å²) in [4.78, 5) is 22.0. The van der Waals surface area contributed by atoms with Gasteiger partial charge in [0.1, 0.15) is 5.75 Å². The summed E-state index contributed by atoms with van der Waals surface area (Å²) >= 11 is 0. The molecule has 0 saturated carbocycles. The highest BCUT2D eigenvalue weighted by Gasteiger charge is 2.13. The van der Waals surface area contributed by atoms with Crippen LogP contribution >= 0.6 is 0 Å². The van der Waals surface area contributed by atoms with Crippen LogP contribution in [0.25, 0.3) is 6.08 Å². The van der Waals surface area contributed by atoms with E-state index in [1.807, 2.05) is 0 Å². The van der Waals surface area contributed by atoms with E-state index in [0.717, 1.165) is 0 Å². The van der Waals surface area contributed by atoms with Crippen LogP contribution in [-0.4, -0.2) is 31.3 Å². The number of hydrogen-bond acceptors (Lipinski definition) is 4. The molecule has 0 amide bonds. The second kappa shape index (κ2) is 6.44. The molecule has 0 aromatic heterocycles. The Morgan fingerprint density at radius 3 is 2.28 bits per heavy atom. The van der Waals surface area contributed by atoms with Gasteiger partial charge in [-0.2, -0.15) is 0 Å². The van der Waals surface area contributed by atoms with E-state index >= 15 is 0 Å². The zero-order valence-electron chi connectivity index (χ0n) is 10.2. The van der Waals surface area contributed by atoms with Crippen molar-refractivity contribution in [3.8, 4) is 5.75 Å². The highest BCUT2D eigenvalue weighted by atomic mass is 16.5. The third-order valence-corrected chi connectivity index (χ3v) is 2.25. The topological polar surface area (TPSA) is 72.8 Å². The van der Waals surface area contributed by atoms with Crippen LogP contribution < -0.4 is 4.74 Å². The minimum atomic E-state index is -1.08. The molecule has 0 spiro atoms. The van der Waals surface area contributed by atoms with Crippen molar-refractivity contribution in [2.45, 2.75) is 6.42 Å². The lowest BCUT2D eigenvalue weighted by molar-refractivity contribution is -0.141. The Kier molecular flexibility index (Phi) is 4.92. The maximum absolute atomic E-state index is 11.4. The fourth-order valence-electron chi connectivity index (χ4n) is 1.38. The van der Waals surface area contributed by atoms with Crippen LogP contribution in [0.15, 0.2) is 29.8 Å². The van der Waals surface area contributed by atoms with Crippen LogP contribution in [0.5, 0.6) is 5.75 Å². The number of carbonyl (C=O) groups excluding carboxylic acids is 1. The smallest absolute Gasteiger partial charge is 0.334 e. The summed E-state index contributed by atoms with van der Waals surface area (Å²) in [5.41, 5.74) is 0.799. The van der Waals surface area contributed by atoms with Gasteiger partial charge in [0.05, 0.1) is 20.6 Å². The fourth-order valence-corrected chi connectivity index (χ4v) is 1.38. The maximum atomic E-state index is 11.4. The molecular weight excluding hydrogens is 236 g/mol. The molecule has 1 aromatic carbocycles. The lowest BCUT2D eigenvalue weighted by Gasteiger charge is -2.04. The maximum Gasteiger partial charge on any atom is 0.334 e. The van der Waals surface area contributed by atoms with Crippen LogP contribution in [-0.2, 0) is 14.3 Å². The van der Waals surface area contributed by atoms with Crippen molar-refractivity contribution in [3.63, 3.8) is 0 Å². The highest BCUT2D eigenvalue weighted by molar-refractivity contribution is 5.97. The summed E-state index contributed by atoms with van der Waals surface area (Å²) in [7, 11) is 2.77. The Hall–Kier alpha value is -2.30. The van der Waals surface area contributed by atoms with E-state index in [9.17, 15) is 9.59 Å². The molecule has 5 heteroatoms. The molecule has 5 nitrogen and oxygen atoms in total. The van der Waals surface area contributed by atoms with Gasteiger partial charge in [-0.1, -0.05) is 12.1 Å². The summed E-state index contributed by atoms with van der Waals surface area (Å²) in [6, 6.07) is 6.90. The first kappa shape index (κ1) is 13.8. The number of carboxylic acid groups (broad SMARTS) is 1. The zero-order chi connectivity index (χ0) is 13.5. The van der Waals surface area contributed by atoms with Gasteiger partial charge in [0.25, 0.3) is 0 Å². The molecular formula is C13H14O5. The minimum Gasteiger partial charge on any atom is -0.497 e. The summed E-state index contributed by atoms with van der Waals surface area (Å²) < 4.78 is 9.54. The number of rotatable bonds is 5. The number of aliphatic carboxylic acids is 1. The van der Waals surface area contributed by atoms with Crippen molar-refractivity contribution in [3.05, 3.63) is 35.4 Å². The molecule has 0 atom stereocenters. The predicted molar refractivity (Wildman–Crippen MR) is 65.2 cm³/mol. The van der Waals surface area contributed by atoms with Crippen LogP contribution in [0, 0.1) is 0 Å². The molecule has 0 aliphatic heterocycles. The van der Waals surface area contributed by atoms with E-state index < -0.39 is 11.9 Å². The Morgan fingerprint density at radius 1 is 1.22 bits per heavy atom. The molecule has 0 unspecified atom stereocenters. The third-order valence-electron chi connectivity index (χ3n) is 2.25. The largest absolute Gasteiger partial charge is 0.497 e. The molecule has 0 bridgehead atoms. The first-order chi connectivity index (χ1) is 8.56. The van der Waals surface area contributed by atoms with Gasteiger partial charge < -0.3 is 14.6 Å². The van der Waals surface area contributed by atoms with E-state index in [4.69, 9.17) is 9.84 Å². The molecule has 1 aromatic rings. The Balaban J connectivity index is 2.98. The van der Waals surface area contributed by atoms with E-state index in [1.54, 1.807) is 31.4 Å². The number of carbonyl (C=O) groups is 2. The molecule has 0 aliphatic rings. The fraction of sp³-hybridized carbons (Fsp3) is 0.231. The standard InChI is InChI=1S/C13H14O5/c1-17-11-5-3-9(4-6-11)7-10(8-12(14)15)13(16)18-2/h3-7H,8H2,1-2H3,(H,14,15)/b10-7-. The summed E-state index contributed by atoms with van der Waals surface area (Å²) in [6.45, 7) is 0. The number of carboxylic acids is 1.